The van der Waals surface area contributed by atoms with Crippen LogP contribution in [0.1, 0.15) is 6.92 Å². The third kappa shape index (κ3) is 4.48. The first-order valence-corrected chi connectivity index (χ1v) is 11.4. The van der Waals surface area contributed by atoms with Crippen LogP contribution in [0.25, 0.3) is 16.7 Å². The summed E-state index contributed by atoms with van der Waals surface area (Å²) in [7, 11) is -2.36. The van der Waals surface area contributed by atoms with Gasteiger partial charge in [-0.1, -0.05) is 12.1 Å². The Morgan fingerprint density at radius 1 is 1.00 bits per heavy atom. The van der Waals surface area contributed by atoms with E-state index in [9.17, 15) is 13.2 Å². The number of carbonyl (C=O) groups excluding carboxylic acids is 1. The largest absolute Gasteiger partial charge is 0.497 e. The second kappa shape index (κ2) is 8.81. The van der Waals surface area contributed by atoms with Crippen LogP contribution in [0, 0.1) is 0 Å². The number of hydrogen-bond donors (Lipinski definition) is 2. The standard InChI is InChI=1S/C23H22N4O4S/c1-16(26-32(29,30)20-13-11-19(31-2)12-14-20)23(28)25-17-7-9-18(10-8-17)27-15-24-21-5-3-4-6-22(21)27/h3-16,26H,1-2H3,(H,25,28)/t16-/m0/s1. The van der Waals surface area contributed by atoms with Crippen molar-refractivity contribution in [1.29, 1.82) is 0 Å². The number of nitrogens with one attached hydrogen (secondary N) is 2. The molecule has 1 aromatic heterocycles. The highest BCUT2D eigenvalue weighted by atomic mass is 32.2. The van der Waals surface area contributed by atoms with Crippen LogP contribution < -0.4 is 14.8 Å². The first kappa shape index (κ1) is 21.5. The van der Waals surface area contributed by atoms with Gasteiger partial charge in [-0.2, -0.15) is 4.72 Å². The van der Waals surface area contributed by atoms with E-state index in [4.69, 9.17) is 4.74 Å². The molecule has 0 saturated heterocycles. The van der Waals surface area contributed by atoms with Crippen molar-refractivity contribution in [3.63, 3.8) is 0 Å². The maximum Gasteiger partial charge on any atom is 0.242 e. The molecule has 0 radical (unpaired) electrons. The lowest BCUT2D eigenvalue weighted by Crippen LogP contribution is -2.41. The molecule has 3 aromatic carbocycles. The summed E-state index contributed by atoms with van der Waals surface area (Å²) in [5.41, 5.74) is 3.32. The lowest BCUT2D eigenvalue weighted by molar-refractivity contribution is -0.117. The molecule has 4 aromatic rings. The lowest BCUT2D eigenvalue weighted by Gasteiger charge is -2.15. The van der Waals surface area contributed by atoms with Crippen LogP contribution in [0.2, 0.25) is 0 Å². The maximum absolute atomic E-state index is 12.5. The summed E-state index contributed by atoms with van der Waals surface area (Å²) in [6.07, 6.45) is 1.74. The highest BCUT2D eigenvalue weighted by Gasteiger charge is 2.22. The number of amides is 1. The summed E-state index contributed by atoms with van der Waals surface area (Å²) in [6.45, 7) is 1.49. The fraction of sp³-hybridized carbons (Fsp3) is 0.130. The van der Waals surface area contributed by atoms with E-state index in [1.165, 1.54) is 26.2 Å². The summed E-state index contributed by atoms with van der Waals surface area (Å²) in [5, 5.41) is 2.73. The van der Waals surface area contributed by atoms with E-state index >= 15 is 0 Å². The van der Waals surface area contributed by atoms with Crippen LogP contribution >= 0.6 is 0 Å². The van der Waals surface area contributed by atoms with Gasteiger partial charge in [0.05, 0.1) is 29.1 Å². The van der Waals surface area contributed by atoms with Gasteiger partial charge >= 0.3 is 0 Å². The number of carbonyl (C=O) groups is 1. The summed E-state index contributed by atoms with van der Waals surface area (Å²) in [6, 6.07) is 20.0. The smallest absolute Gasteiger partial charge is 0.242 e. The average Bonchev–Trinajstić information content (AvgIpc) is 3.23. The Morgan fingerprint density at radius 3 is 2.38 bits per heavy atom. The third-order valence-corrected chi connectivity index (χ3v) is 6.52. The molecule has 0 spiro atoms. The van der Waals surface area contributed by atoms with Gasteiger partial charge < -0.3 is 10.1 Å². The predicted octanol–water partition coefficient (Wildman–Crippen LogP) is 3.34. The number of hydrogen-bond acceptors (Lipinski definition) is 5. The number of aromatic nitrogens is 2. The average molecular weight is 451 g/mol. The Balaban J connectivity index is 1.43. The molecule has 164 valence electrons. The minimum Gasteiger partial charge on any atom is -0.497 e. The van der Waals surface area contributed by atoms with Gasteiger partial charge in [0.25, 0.3) is 0 Å². The number of para-hydroxylation sites is 2. The van der Waals surface area contributed by atoms with E-state index in [-0.39, 0.29) is 4.90 Å². The molecule has 0 bridgehead atoms. The van der Waals surface area contributed by atoms with Crippen molar-refractivity contribution in [2.75, 3.05) is 12.4 Å². The number of sulfonamides is 1. The Labute approximate surface area is 185 Å². The van der Waals surface area contributed by atoms with Crippen molar-refractivity contribution in [2.45, 2.75) is 17.9 Å². The normalized spacial score (nSPS) is 12.4. The predicted molar refractivity (Wildman–Crippen MR) is 122 cm³/mol. The van der Waals surface area contributed by atoms with Crippen molar-refractivity contribution >= 4 is 32.7 Å². The molecule has 0 aliphatic carbocycles. The monoisotopic (exact) mass is 450 g/mol. The molecule has 4 rings (SSSR count). The summed E-state index contributed by atoms with van der Waals surface area (Å²) >= 11 is 0. The third-order valence-electron chi connectivity index (χ3n) is 4.96. The first-order chi connectivity index (χ1) is 15.4. The number of nitrogens with zero attached hydrogens (tertiary/aromatic N) is 2. The number of methoxy groups -OCH3 is 1. The molecule has 8 nitrogen and oxygen atoms in total. The van der Waals surface area contributed by atoms with Crippen LogP contribution in [0.3, 0.4) is 0 Å². The van der Waals surface area contributed by atoms with E-state index < -0.39 is 22.0 Å². The van der Waals surface area contributed by atoms with Crippen molar-refractivity contribution in [3.8, 4) is 11.4 Å². The molecule has 1 atom stereocenters. The molecule has 0 unspecified atom stereocenters. The van der Waals surface area contributed by atoms with Gasteiger partial charge in [0.1, 0.15) is 12.1 Å². The van der Waals surface area contributed by atoms with Crippen LogP contribution in [-0.4, -0.2) is 37.0 Å². The van der Waals surface area contributed by atoms with Gasteiger partial charge in [-0.3, -0.25) is 9.36 Å². The van der Waals surface area contributed by atoms with Gasteiger partial charge in [0.15, 0.2) is 0 Å². The molecule has 0 aliphatic rings. The van der Waals surface area contributed by atoms with E-state index in [2.05, 4.69) is 15.0 Å². The van der Waals surface area contributed by atoms with E-state index in [1.807, 2.05) is 41.0 Å². The van der Waals surface area contributed by atoms with Crippen molar-refractivity contribution < 1.29 is 17.9 Å². The lowest BCUT2D eigenvalue weighted by atomic mass is 10.2. The van der Waals surface area contributed by atoms with Gasteiger partial charge in [-0.25, -0.2) is 13.4 Å². The Kier molecular flexibility index (Phi) is 5.93. The second-order valence-corrected chi connectivity index (χ2v) is 8.87. The second-order valence-electron chi connectivity index (χ2n) is 7.16. The molecule has 0 fully saturated rings. The zero-order valence-corrected chi connectivity index (χ0v) is 18.3. The molecule has 1 amide bonds. The van der Waals surface area contributed by atoms with Crippen molar-refractivity contribution in [2.24, 2.45) is 0 Å². The topological polar surface area (TPSA) is 102 Å². The molecule has 0 saturated carbocycles. The van der Waals surface area contributed by atoms with Crippen molar-refractivity contribution in [1.82, 2.24) is 14.3 Å². The minimum atomic E-state index is -3.86. The van der Waals surface area contributed by atoms with Crippen LogP contribution in [0.15, 0.2) is 84.0 Å². The molecular weight excluding hydrogens is 428 g/mol. The van der Waals surface area contributed by atoms with Crippen molar-refractivity contribution in [3.05, 3.63) is 79.1 Å². The zero-order valence-electron chi connectivity index (χ0n) is 17.5. The number of benzene rings is 3. The van der Waals surface area contributed by atoms with Crippen LogP contribution in [0.4, 0.5) is 5.69 Å². The fourth-order valence-corrected chi connectivity index (χ4v) is 4.43. The van der Waals surface area contributed by atoms with E-state index in [0.29, 0.717) is 11.4 Å². The number of imidazole rings is 1. The molecule has 2 N–H and O–H groups in total. The number of fused-ring (bicyclic) bond motifs is 1. The minimum absolute atomic E-state index is 0.0508. The van der Waals surface area contributed by atoms with Crippen LogP contribution in [0.5, 0.6) is 5.75 Å². The Morgan fingerprint density at radius 2 is 1.69 bits per heavy atom. The van der Waals surface area contributed by atoms with Gasteiger partial charge in [-0.05, 0) is 67.6 Å². The summed E-state index contributed by atoms with van der Waals surface area (Å²) in [5.74, 6) is 0.0739. The van der Waals surface area contributed by atoms with E-state index in [1.54, 1.807) is 30.6 Å². The van der Waals surface area contributed by atoms with Gasteiger partial charge in [0, 0.05) is 11.4 Å². The quantitative estimate of drug-likeness (QED) is 0.450. The maximum atomic E-state index is 12.5. The summed E-state index contributed by atoms with van der Waals surface area (Å²) in [4.78, 5) is 17.0. The SMILES string of the molecule is COc1ccc(S(=O)(=O)N[C@@H](C)C(=O)Nc2ccc(-n3cnc4ccccc43)cc2)cc1. The van der Waals surface area contributed by atoms with Crippen LogP contribution in [-0.2, 0) is 14.8 Å². The summed E-state index contributed by atoms with van der Waals surface area (Å²) < 4.78 is 34.5. The number of anilines is 1. The highest BCUT2D eigenvalue weighted by Crippen LogP contribution is 2.20. The van der Waals surface area contributed by atoms with Gasteiger partial charge in [0.2, 0.25) is 15.9 Å². The number of ether oxygens (including phenoxy) is 1. The molecular formula is C23H22N4O4S. The van der Waals surface area contributed by atoms with E-state index in [0.717, 1.165) is 16.7 Å². The number of rotatable bonds is 7. The Hall–Kier alpha value is -3.69. The highest BCUT2D eigenvalue weighted by molar-refractivity contribution is 7.89. The zero-order chi connectivity index (χ0) is 22.7. The fourth-order valence-electron chi connectivity index (χ4n) is 3.23. The Bertz CT molecular complexity index is 1350. The molecule has 0 aliphatic heterocycles. The molecule has 1 heterocycles. The molecule has 32 heavy (non-hydrogen) atoms. The first-order valence-electron chi connectivity index (χ1n) is 9.87. The van der Waals surface area contributed by atoms with Gasteiger partial charge in [-0.15, -0.1) is 0 Å². The molecule has 9 heteroatoms.